The van der Waals surface area contributed by atoms with Crippen LogP contribution in [0, 0.1) is 18.3 Å². The second-order valence-corrected chi connectivity index (χ2v) is 5.51. The average molecular weight is 328 g/mol. The van der Waals surface area contributed by atoms with Crippen molar-refractivity contribution in [3.8, 4) is 28.8 Å². The molecular weight excluding hydrogens is 316 g/mol. The van der Waals surface area contributed by atoms with E-state index in [9.17, 15) is 5.26 Å². The molecule has 0 fully saturated rings. The number of nitrogens with zero attached hydrogens (tertiary/aromatic N) is 5. The molecule has 0 unspecified atom stereocenters. The van der Waals surface area contributed by atoms with Gasteiger partial charge in [0.25, 0.3) is 0 Å². The fraction of sp³-hybridized carbons (Fsp3) is 0.0556. The van der Waals surface area contributed by atoms with Gasteiger partial charge in [-0.2, -0.15) is 5.26 Å². The van der Waals surface area contributed by atoms with Gasteiger partial charge in [0.1, 0.15) is 17.5 Å². The predicted octanol–water partition coefficient (Wildman–Crippen LogP) is 3.11. The van der Waals surface area contributed by atoms with E-state index in [0.717, 1.165) is 16.5 Å². The van der Waals surface area contributed by atoms with Crippen LogP contribution in [0.5, 0.6) is 0 Å². The van der Waals surface area contributed by atoms with Crippen LogP contribution in [0.4, 0.5) is 5.82 Å². The highest BCUT2D eigenvalue weighted by Gasteiger charge is 2.19. The molecule has 4 rings (SSSR count). The van der Waals surface area contributed by atoms with E-state index in [-0.39, 0.29) is 11.5 Å². The van der Waals surface area contributed by atoms with Gasteiger partial charge in [-0.25, -0.2) is 9.97 Å². The molecular formula is C18H12N6O. The molecule has 0 spiro atoms. The van der Waals surface area contributed by atoms with E-state index >= 15 is 0 Å². The molecule has 0 amide bonds. The summed E-state index contributed by atoms with van der Waals surface area (Å²) in [5.41, 5.74) is 9.24. The van der Waals surface area contributed by atoms with Crippen molar-refractivity contribution >= 4 is 16.7 Å². The molecule has 0 aliphatic carbocycles. The highest BCUT2D eigenvalue weighted by atomic mass is 16.5. The third kappa shape index (κ3) is 2.56. The van der Waals surface area contributed by atoms with Gasteiger partial charge in [0.05, 0.1) is 11.2 Å². The van der Waals surface area contributed by atoms with Crippen LogP contribution >= 0.6 is 0 Å². The van der Waals surface area contributed by atoms with Crippen molar-refractivity contribution < 1.29 is 4.52 Å². The summed E-state index contributed by atoms with van der Waals surface area (Å²) in [4.78, 5) is 13.0. The quantitative estimate of drug-likeness (QED) is 0.601. The number of fused-ring (bicyclic) bond motifs is 1. The molecule has 2 N–H and O–H groups in total. The summed E-state index contributed by atoms with van der Waals surface area (Å²) in [5, 5.41) is 14.1. The van der Waals surface area contributed by atoms with Crippen molar-refractivity contribution in [2.24, 2.45) is 0 Å². The van der Waals surface area contributed by atoms with Crippen LogP contribution in [0.1, 0.15) is 11.4 Å². The van der Waals surface area contributed by atoms with Crippen molar-refractivity contribution in [3.63, 3.8) is 0 Å². The number of anilines is 1. The summed E-state index contributed by atoms with van der Waals surface area (Å²) in [6, 6.07) is 13.3. The zero-order chi connectivity index (χ0) is 17.4. The SMILES string of the molecule is Cc1cc(-c2nc(N)c(C#N)nc2-c2ccc3ncccc3c2)on1. The van der Waals surface area contributed by atoms with Crippen LogP contribution in [0.2, 0.25) is 0 Å². The van der Waals surface area contributed by atoms with E-state index in [1.54, 1.807) is 12.3 Å². The maximum atomic E-state index is 9.25. The van der Waals surface area contributed by atoms with Crippen molar-refractivity contribution in [1.29, 1.82) is 5.26 Å². The minimum absolute atomic E-state index is 0.0535. The molecule has 0 aliphatic rings. The van der Waals surface area contributed by atoms with Gasteiger partial charge in [-0.1, -0.05) is 17.3 Å². The van der Waals surface area contributed by atoms with Crippen molar-refractivity contribution in [2.75, 3.05) is 5.73 Å². The molecule has 7 nitrogen and oxygen atoms in total. The minimum atomic E-state index is 0.0535. The second-order valence-electron chi connectivity index (χ2n) is 5.51. The zero-order valence-corrected chi connectivity index (χ0v) is 13.3. The summed E-state index contributed by atoms with van der Waals surface area (Å²) < 4.78 is 5.33. The third-order valence-corrected chi connectivity index (χ3v) is 3.77. The molecule has 0 saturated carbocycles. The number of aromatic nitrogens is 4. The molecule has 120 valence electrons. The fourth-order valence-corrected chi connectivity index (χ4v) is 2.60. The summed E-state index contributed by atoms with van der Waals surface area (Å²) in [6.07, 6.45) is 1.74. The van der Waals surface area contributed by atoms with Crippen molar-refractivity contribution in [1.82, 2.24) is 20.1 Å². The first-order chi connectivity index (χ1) is 12.2. The number of nitriles is 1. The van der Waals surface area contributed by atoms with Crippen LogP contribution in [-0.2, 0) is 0 Å². The Hall–Kier alpha value is -3.79. The van der Waals surface area contributed by atoms with Crippen molar-refractivity contribution in [2.45, 2.75) is 6.92 Å². The first kappa shape index (κ1) is 14.8. The van der Waals surface area contributed by atoms with Gasteiger partial charge in [0, 0.05) is 23.2 Å². The van der Waals surface area contributed by atoms with Crippen LogP contribution in [0.25, 0.3) is 33.6 Å². The maximum Gasteiger partial charge on any atom is 0.187 e. The molecule has 4 aromatic rings. The van der Waals surface area contributed by atoms with Crippen LogP contribution in [0.3, 0.4) is 0 Å². The minimum Gasteiger partial charge on any atom is -0.381 e. The summed E-state index contributed by atoms with van der Waals surface area (Å²) in [5.74, 6) is 0.500. The van der Waals surface area contributed by atoms with Crippen molar-refractivity contribution in [3.05, 3.63) is 54.0 Å². The molecule has 0 bridgehead atoms. The Kier molecular flexibility index (Phi) is 3.36. The van der Waals surface area contributed by atoms with Gasteiger partial charge < -0.3 is 10.3 Å². The second kappa shape index (κ2) is 5.69. The van der Waals surface area contributed by atoms with Crippen LogP contribution in [0.15, 0.2) is 47.1 Å². The number of nitrogen functional groups attached to an aromatic ring is 1. The highest BCUT2D eigenvalue weighted by Crippen LogP contribution is 2.32. The molecule has 3 heterocycles. The zero-order valence-electron chi connectivity index (χ0n) is 13.3. The van der Waals surface area contributed by atoms with E-state index in [4.69, 9.17) is 10.3 Å². The summed E-state index contributed by atoms with van der Waals surface area (Å²) in [7, 11) is 0. The molecule has 25 heavy (non-hydrogen) atoms. The number of hydrogen-bond acceptors (Lipinski definition) is 7. The van der Waals surface area contributed by atoms with E-state index in [2.05, 4.69) is 20.1 Å². The molecule has 0 atom stereocenters. The maximum absolute atomic E-state index is 9.25. The standard InChI is InChI=1S/C18H12N6O/c1-10-7-15(25-24-10)17-16(22-14(9-19)18(20)23-17)12-4-5-13-11(8-12)3-2-6-21-13/h2-8H,1H3,(H2,20,23). The molecule has 3 aromatic heterocycles. The number of rotatable bonds is 2. The number of nitrogens with two attached hydrogens (primary N) is 1. The lowest BCUT2D eigenvalue weighted by Gasteiger charge is -2.08. The number of aryl methyl sites for hydroxylation is 1. The summed E-state index contributed by atoms with van der Waals surface area (Å²) in [6.45, 7) is 1.81. The first-order valence-corrected chi connectivity index (χ1v) is 7.52. The lowest BCUT2D eigenvalue weighted by molar-refractivity contribution is 0.426. The van der Waals surface area contributed by atoms with Gasteiger partial charge in [-0.05, 0) is 25.1 Å². The van der Waals surface area contributed by atoms with Crippen LogP contribution in [-0.4, -0.2) is 20.1 Å². The lowest BCUT2D eigenvalue weighted by Crippen LogP contribution is -2.02. The monoisotopic (exact) mass is 328 g/mol. The smallest absolute Gasteiger partial charge is 0.187 e. The number of pyridine rings is 1. The molecule has 0 radical (unpaired) electrons. The van der Waals surface area contributed by atoms with E-state index in [1.165, 1.54) is 0 Å². The molecule has 0 aliphatic heterocycles. The van der Waals surface area contributed by atoms with Crippen LogP contribution < -0.4 is 5.73 Å². The Bertz CT molecular complexity index is 1140. The third-order valence-electron chi connectivity index (χ3n) is 3.77. The van der Waals surface area contributed by atoms with E-state index in [0.29, 0.717) is 22.8 Å². The average Bonchev–Trinajstić information content (AvgIpc) is 3.07. The normalized spacial score (nSPS) is 10.7. The lowest BCUT2D eigenvalue weighted by atomic mass is 10.0. The Balaban J connectivity index is 1.99. The van der Waals surface area contributed by atoms with Gasteiger partial charge in [-0.15, -0.1) is 0 Å². The Morgan fingerprint density at radius 2 is 2.00 bits per heavy atom. The molecule has 7 heteroatoms. The predicted molar refractivity (Wildman–Crippen MR) is 92.1 cm³/mol. The number of hydrogen-bond donors (Lipinski definition) is 1. The van der Waals surface area contributed by atoms with E-state index in [1.807, 2.05) is 43.3 Å². The Morgan fingerprint density at radius 3 is 2.76 bits per heavy atom. The highest BCUT2D eigenvalue weighted by molar-refractivity contribution is 5.87. The molecule has 0 saturated heterocycles. The van der Waals surface area contributed by atoms with Gasteiger partial charge in [0.2, 0.25) is 0 Å². The largest absolute Gasteiger partial charge is 0.381 e. The molecule has 1 aromatic carbocycles. The van der Waals surface area contributed by atoms with Gasteiger partial charge in [0.15, 0.2) is 17.3 Å². The van der Waals surface area contributed by atoms with E-state index < -0.39 is 0 Å². The number of benzene rings is 1. The Morgan fingerprint density at radius 1 is 1.12 bits per heavy atom. The fourth-order valence-electron chi connectivity index (χ4n) is 2.60. The Labute approximate surface area is 142 Å². The van der Waals surface area contributed by atoms with Gasteiger partial charge in [-0.3, -0.25) is 4.98 Å². The van der Waals surface area contributed by atoms with Gasteiger partial charge >= 0.3 is 0 Å². The first-order valence-electron chi connectivity index (χ1n) is 7.52. The topological polar surface area (TPSA) is 115 Å². The summed E-state index contributed by atoms with van der Waals surface area (Å²) >= 11 is 0.